The molecule has 0 N–H and O–H groups in total. The molecule has 0 radical (unpaired) electrons. The summed E-state index contributed by atoms with van der Waals surface area (Å²) < 4.78 is 42.9. The van der Waals surface area contributed by atoms with Gasteiger partial charge in [-0.25, -0.2) is 4.39 Å². The standard InChI is InChI=1S/C10H8ClF3O2/c1-2-16-8-5-6(12)3-4-7(8)9(15)10(11,13)14/h3-5H,2H2,1H3. The third-order valence-electron chi connectivity index (χ3n) is 1.75. The lowest BCUT2D eigenvalue weighted by Gasteiger charge is -2.11. The zero-order chi connectivity index (χ0) is 12.3. The monoisotopic (exact) mass is 252 g/mol. The van der Waals surface area contributed by atoms with E-state index in [0.717, 1.165) is 18.2 Å². The van der Waals surface area contributed by atoms with Gasteiger partial charge in [-0.1, -0.05) is 0 Å². The Bertz CT molecular complexity index is 402. The highest BCUT2D eigenvalue weighted by Gasteiger charge is 2.38. The Labute approximate surface area is 95.0 Å². The van der Waals surface area contributed by atoms with Crippen molar-refractivity contribution in [2.24, 2.45) is 0 Å². The Hall–Kier alpha value is -1.23. The van der Waals surface area contributed by atoms with Gasteiger partial charge >= 0.3 is 5.38 Å². The van der Waals surface area contributed by atoms with Crippen molar-refractivity contribution in [2.45, 2.75) is 12.3 Å². The molecule has 2 nitrogen and oxygen atoms in total. The number of rotatable bonds is 4. The maximum Gasteiger partial charge on any atom is 0.385 e. The van der Waals surface area contributed by atoms with Crippen molar-refractivity contribution in [3.05, 3.63) is 29.6 Å². The van der Waals surface area contributed by atoms with Gasteiger partial charge < -0.3 is 4.74 Å². The minimum Gasteiger partial charge on any atom is -0.493 e. The molecule has 0 saturated heterocycles. The molecule has 0 aromatic heterocycles. The molecular formula is C10H8ClF3O2. The molecule has 0 aliphatic heterocycles. The highest BCUT2D eigenvalue weighted by molar-refractivity contribution is 6.35. The van der Waals surface area contributed by atoms with E-state index >= 15 is 0 Å². The zero-order valence-corrected chi connectivity index (χ0v) is 9.02. The van der Waals surface area contributed by atoms with Crippen LogP contribution in [0.3, 0.4) is 0 Å². The third kappa shape index (κ3) is 2.88. The van der Waals surface area contributed by atoms with Crippen LogP contribution in [0.4, 0.5) is 13.2 Å². The molecule has 16 heavy (non-hydrogen) atoms. The maximum absolute atomic E-state index is 12.8. The summed E-state index contributed by atoms with van der Waals surface area (Å²) >= 11 is 4.60. The molecule has 0 amide bonds. The zero-order valence-electron chi connectivity index (χ0n) is 8.27. The molecular weight excluding hydrogens is 245 g/mol. The van der Waals surface area contributed by atoms with E-state index in [-0.39, 0.29) is 12.4 Å². The lowest BCUT2D eigenvalue weighted by molar-refractivity contribution is 0.0532. The molecule has 0 bridgehead atoms. The smallest absolute Gasteiger partial charge is 0.385 e. The van der Waals surface area contributed by atoms with Crippen molar-refractivity contribution >= 4 is 17.4 Å². The summed E-state index contributed by atoms with van der Waals surface area (Å²) in [6, 6.07) is 2.66. The molecule has 0 aliphatic rings. The summed E-state index contributed by atoms with van der Waals surface area (Å²) in [5.41, 5.74) is -0.441. The van der Waals surface area contributed by atoms with Crippen molar-refractivity contribution < 1.29 is 22.7 Å². The lowest BCUT2D eigenvalue weighted by Crippen LogP contribution is -2.22. The van der Waals surface area contributed by atoms with Crippen LogP contribution in [0.2, 0.25) is 0 Å². The quantitative estimate of drug-likeness (QED) is 0.607. The number of halogens is 4. The fraction of sp³-hybridized carbons (Fsp3) is 0.300. The second-order valence-electron chi connectivity index (χ2n) is 2.90. The number of carbonyl (C=O) groups excluding carboxylic acids is 1. The summed E-state index contributed by atoms with van der Waals surface area (Å²) in [5.74, 6) is -2.54. The number of benzene rings is 1. The number of hydrogen-bond acceptors (Lipinski definition) is 2. The van der Waals surface area contributed by atoms with Gasteiger partial charge in [0.15, 0.2) is 0 Å². The van der Waals surface area contributed by atoms with Crippen LogP contribution in [-0.2, 0) is 0 Å². The summed E-state index contributed by atoms with van der Waals surface area (Å²) in [7, 11) is 0. The van der Waals surface area contributed by atoms with Crippen LogP contribution < -0.4 is 4.74 Å². The van der Waals surface area contributed by atoms with E-state index in [4.69, 9.17) is 4.74 Å². The number of ketones is 1. The van der Waals surface area contributed by atoms with Crippen LogP contribution in [0.1, 0.15) is 17.3 Å². The summed E-state index contributed by atoms with van der Waals surface area (Å²) in [5, 5.41) is -4.02. The van der Waals surface area contributed by atoms with Gasteiger partial charge in [0, 0.05) is 6.07 Å². The summed E-state index contributed by atoms with van der Waals surface area (Å²) in [4.78, 5) is 11.2. The maximum atomic E-state index is 12.8. The summed E-state index contributed by atoms with van der Waals surface area (Å²) in [6.45, 7) is 1.70. The van der Waals surface area contributed by atoms with Gasteiger partial charge in [0.25, 0.3) is 5.78 Å². The second-order valence-corrected chi connectivity index (χ2v) is 3.38. The van der Waals surface area contributed by atoms with Crippen LogP contribution in [0.5, 0.6) is 5.75 Å². The van der Waals surface area contributed by atoms with Crippen LogP contribution >= 0.6 is 11.6 Å². The van der Waals surface area contributed by atoms with Crippen LogP contribution in [0.25, 0.3) is 0 Å². The van der Waals surface area contributed by atoms with E-state index in [1.54, 1.807) is 6.92 Å². The molecule has 0 aliphatic carbocycles. The molecule has 88 valence electrons. The van der Waals surface area contributed by atoms with Crippen LogP contribution in [-0.4, -0.2) is 17.8 Å². The fourth-order valence-corrected chi connectivity index (χ4v) is 1.21. The van der Waals surface area contributed by atoms with E-state index < -0.39 is 22.5 Å². The lowest BCUT2D eigenvalue weighted by atomic mass is 10.1. The number of Topliss-reactive ketones (excluding diaryl/α,β-unsaturated/α-hetero) is 1. The number of alkyl halides is 3. The van der Waals surface area contributed by atoms with Gasteiger partial charge in [-0.2, -0.15) is 8.78 Å². The predicted octanol–water partition coefficient (Wildman–Crippen LogP) is 3.24. The van der Waals surface area contributed by atoms with Gasteiger partial charge in [-0.3, -0.25) is 4.79 Å². The molecule has 6 heteroatoms. The molecule has 0 spiro atoms. The van der Waals surface area contributed by atoms with E-state index in [1.165, 1.54) is 0 Å². The van der Waals surface area contributed by atoms with Gasteiger partial charge in [-0.05, 0) is 30.7 Å². The Morgan fingerprint density at radius 3 is 2.62 bits per heavy atom. The number of carbonyl (C=O) groups is 1. The van der Waals surface area contributed by atoms with Gasteiger partial charge in [-0.15, -0.1) is 0 Å². The largest absolute Gasteiger partial charge is 0.493 e. The first-order valence-electron chi connectivity index (χ1n) is 4.40. The average Bonchev–Trinajstić information content (AvgIpc) is 2.16. The van der Waals surface area contributed by atoms with E-state index in [2.05, 4.69) is 11.6 Å². The average molecular weight is 253 g/mol. The van der Waals surface area contributed by atoms with Crippen molar-refractivity contribution in [3.63, 3.8) is 0 Å². The van der Waals surface area contributed by atoms with E-state index in [9.17, 15) is 18.0 Å². The second kappa shape index (κ2) is 4.74. The highest BCUT2D eigenvalue weighted by Crippen LogP contribution is 2.30. The number of hydrogen-bond donors (Lipinski definition) is 0. The Kier molecular flexibility index (Phi) is 3.80. The van der Waals surface area contributed by atoms with E-state index in [0.29, 0.717) is 0 Å². The van der Waals surface area contributed by atoms with Crippen molar-refractivity contribution in [1.82, 2.24) is 0 Å². The SMILES string of the molecule is CCOc1cc(F)ccc1C(=O)C(F)(F)Cl. The van der Waals surface area contributed by atoms with Crippen molar-refractivity contribution in [3.8, 4) is 5.75 Å². The Balaban J connectivity index is 3.17. The molecule has 1 rings (SSSR count). The highest BCUT2D eigenvalue weighted by atomic mass is 35.5. The van der Waals surface area contributed by atoms with Crippen LogP contribution in [0, 0.1) is 5.82 Å². The topological polar surface area (TPSA) is 26.3 Å². The normalized spacial score (nSPS) is 11.3. The first kappa shape index (κ1) is 12.8. The molecule has 0 heterocycles. The predicted molar refractivity (Wildman–Crippen MR) is 52.7 cm³/mol. The first-order chi connectivity index (χ1) is 7.36. The molecule has 0 unspecified atom stereocenters. The number of ether oxygens (including phenoxy) is 1. The molecule has 0 atom stereocenters. The van der Waals surface area contributed by atoms with Gasteiger partial charge in [0.2, 0.25) is 0 Å². The van der Waals surface area contributed by atoms with Crippen molar-refractivity contribution in [1.29, 1.82) is 0 Å². The molecule has 0 saturated carbocycles. The summed E-state index contributed by atoms with van der Waals surface area (Å²) in [6.07, 6.45) is 0. The molecule has 0 fully saturated rings. The molecule has 1 aromatic carbocycles. The van der Waals surface area contributed by atoms with Gasteiger partial charge in [0.05, 0.1) is 12.2 Å². The third-order valence-corrected chi connectivity index (χ3v) is 1.92. The minimum atomic E-state index is -4.02. The molecule has 1 aromatic rings. The minimum absolute atomic E-state index is 0.123. The Morgan fingerprint density at radius 2 is 2.12 bits per heavy atom. The van der Waals surface area contributed by atoms with Crippen molar-refractivity contribution in [2.75, 3.05) is 6.61 Å². The van der Waals surface area contributed by atoms with Gasteiger partial charge in [0.1, 0.15) is 11.6 Å². The van der Waals surface area contributed by atoms with Crippen LogP contribution in [0.15, 0.2) is 18.2 Å². The first-order valence-corrected chi connectivity index (χ1v) is 4.78. The van der Waals surface area contributed by atoms with E-state index in [1.807, 2.05) is 0 Å². The Morgan fingerprint density at radius 1 is 1.50 bits per heavy atom. The fourth-order valence-electron chi connectivity index (χ4n) is 1.11.